The lowest BCUT2D eigenvalue weighted by Crippen LogP contribution is -2.46. The lowest BCUT2D eigenvalue weighted by molar-refractivity contribution is -0.119. The fourth-order valence-electron chi connectivity index (χ4n) is 6.54. The van der Waals surface area contributed by atoms with Crippen molar-refractivity contribution in [2.75, 3.05) is 6.61 Å². The number of halogens is 2. The minimum atomic E-state index is -2.62. The highest BCUT2D eigenvalue weighted by Gasteiger charge is 2.56. The number of H-pyrrole nitrogens is 1. The molecule has 1 spiro atoms. The van der Waals surface area contributed by atoms with Crippen LogP contribution in [0.1, 0.15) is 74.4 Å². The number of rotatable bonds is 1. The number of ether oxygens (including phenoxy) is 1. The average molecular weight is 424 g/mol. The van der Waals surface area contributed by atoms with Crippen molar-refractivity contribution in [2.45, 2.75) is 69.6 Å². The molecule has 1 aliphatic heterocycles. The Hall–Kier alpha value is -2.50. The standard InChI is InChI=1S/C25H26F2N2O2/c1-23(2)10-14-9-17-21(22(29-28-17)15-11-24(26,27)12-15)25(20(14)18(30)13-23)7-8-31-19-6-4-3-5-16(19)25/h3-6,15H,7-13H2,1-2H3,(H,28,29)/t25-/m0/s1. The number of aromatic amines is 1. The summed E-state index contributed by atoms with van der Waals surface area (Å²) in [6.07, 6.45) is 2.27. The summed E-state index contributed by atoms with van der Waals surface area (Å²) in [5.41, 5.74) is 4.93. The third-order valence-corrected chi connectivity index (χ3v) is 7.63. The molecule has 1 saturated carbocycles. The van der Waals surface area contributed by atoms with Crippen LogP contribution in [0.5, 0.6) is 5.75 Å². The number of fused-ring (bicyclic) bond motifs is 5. The SMILES string of the molecule is CC1(C)CC(=O)C2=C(Cc3[nH]nc(C4CC(F)(F)C4)c3[C@]23CCOc2ccccc23)C1. The minimum Gasteiger partial charge on any atom is -0.493 e. The van der Waals surface area contributed by atoms with Crippen LogP contribution in [0.3, 0.4) is 0 Å². The van der Waals surface area contributed by atoms with Gasteiger partial charge in [0.15, 0.2) is 5.78 Å². The monoisotopic (exact) mass is 424 g/mol. The van der Waals surface area contributed by atoms with Gasteiger partial charge in [0.05, 0.1) is 17.7 Å². The molecule has 0 amide bonds. The number of allylic oxidation sites excluding steroid dienone is 2. The van der Waals surface area contributed by atoms with Crippen LogP contribution in [0.2, 0.25) is 0 Å². The molecule has 1 fully saturated rings. The summed E-state index contributed by atoms with van der Waals surface area (Å²) in [4.78, 5) is 13.7. The van der Waals surface area contributed by atoms with Crippen molar-refractivity contribution in [3.63, 3.8) is 0 Å². The number of hydrogen-bond donors (Lipinski definition) is 1. The zero-order valence-corrected chi connectivity index (χ0v) is 17.9. The highest BCUT2D eigenvalue weighted by Crippen LogP contribution is 2.60. The molecule has 0 radical (unpaired) electrons. The maximum Gasteiger partial charge on any atom is 0.249 e. The van der Waals surface area contributed by atoms with Gasteiger partial charge >= 0.3 is 0 Å². The topological polar surface area (TPSA) is 55.0 Å². The molecule has 6 rings (SSSR count). The van der Waals surface area contributed by atoms with Gasteiger partial charge in [-0.15, -0.1) is 0 Å². The van der Waals surface area contributed by atoms with Gasteiger partial charge in [-0.05, 0) is 24.3 Å². The second-order valence-corrected chi connectivity index (χ2v) is 10.5. The number of benzene rings is 1. The number of Topliss-reactive ketones (excluding diaryl/α,β-unsaturated/α-hetero) is 1. The van der Waals surface area contributed by atoms with Crippen LogP contribution < -0.4 is 4.74 Å². The molecule has 2 heterocycles. The third kappa shape index (κ3) is 2.63. The summed E-state index contributed by atoms with van der Waals surface area (Å²) in [5.74, 6) is -1.95. The molecule has 1 aromatic heterocycles. The van der Waals surface area contributed by atoms with Crippen molar-refractivity contribution >= 4 is 5.78 Å². The van der Waals surface area contributed by atoms with Crippen LogP contribution in [0, 0.1) is 5.41 Å². The fourth-order valence-corrected chi connectivity index (χ4v) is 6.54. The van der Waals surface area contributed by atoms with Crippen LogP contribution in [0.15, 0.2) is 35.4 Å². The zero-order valence-electron chi connectivity index (χ0n) is 17.9. The van der Waals surface area contributed by atoms with E-state index in [1.165, 1.54) is 5.57 Å². The number of carbonyl (C=O) groups is 1. The predicted octanol–water partition coefficient (Wildman–Crippen LogP) is 5.23. The Bertz CT molecular complexity index is 1140. The molecular weight excluding hydrogens is 398 g/mol. The number of para-hydroxylation sites is 1. The Morgan fingerprint density at radius 1 is 1.16 bits per heavy atom. The molecule has 1 aromatic carbocycles. The molecule has 0 saturated heterocycles. The van der Waals surface area contributed by atoms with Crippen molar-refractivity contribution in [1.29, 1.82) is 0 Å². The Kier molecular flexibility index (Phi) is 3.75. The van der Waals surface area contributed by atoms with Gasteiger partial charge in [-0.3, -0.25) is 9.89 Å². The number of ketones is 1. The van der Waals surface area contributed by atoms with Gasteiger partial charge in [-0.25, -0.2) is 8.78 Å². The summed E-state index contributed by atoms with van der Waals surface area (Å²) < 4.78 is 33.5. The van der Waals surface area contributed by atoms with E-state index in [1.54, 1.807) is 0 Å². The van der Waals surface area contributed by atoms with Crippen molar-refractivity contribution in [1.82, 2.24) is 10.2 Å². The largest absolute Gasteiger partial charge is 0.493 e. The number of alkyl halides is 2. The van der Waals surface area contributed by atoms with Crippen LogP contribution >= 0.6 is 0 Å². The number of carbonyl (C=O) groups excluding carboxylic acids is 1. The third-order valence-electron chi connectivity index (χ3n) is 7.63. The molecule has 0 unspecified atom stereocenters. The van der Waals surface area contributed by atoms with Crippen LogP contribution in [0.4, 0.5) is 8.78 Å². The van der Waals surface area contributed by atoms with Gasteiger partial charge in [0.1, 0.15) is 5.75 Å². The van der Waals surface area contributed by atoms with Gasteiger partial charge in [0.2, 0.25) is 5.92 Å². The van der Waals surface area contributed by atoms with Gasteiger partial charge in [0, 0.05) is 54.0 Å². The molecule has 2 aromatic rings. The summed E-state index contributed by atoms with van der Waals surface area (Å²) >= 11 is 0. The second kappa shape index (κ2) is 6.05. The smallest absolute Gasteiger partial charge is 0.249 e. The Morgan fingerprint density at radius 3 is 2.71 bits per heavy atom. The second-order valence-electron chi connectivity index (χ2n) is 10.5. The molecule has 1 atom stereocenters. The summed E-state index contributed by atoms with van der Waals surface area (Å²) in [7, 11) is 0. The van der Waals surface area contributed by atoms with Crippen molar-refractivity contribution in [3.8, 4) is 5.75 Å². The minimum absolute atomic E-state index is 0.0851. The first-order valence-corrected chi connectivity index (χ1v) is 11.1. The van der Waals surface area contributed by atoms with E-state index in [0.29, 0.717) is 25.9 Å². The fraction of sp³-hybridized carbons (Fsp3) is 0.520. The number of aromatic nitrogens is 2. The van der Waals surface area contributed by atoms with Gasteiger partial charge in [-0.1, -0.05) is 37.6 Å². The van der Waals surface area contributed by atoms with Crippen LogP contribution in [0.25, 0.3) is 0 Å². The Labute approximate surface area is 180 Å². The maximum atomic E-state index is 13.8. The van der Waals surface area contributed by atoms with Gasteiger partial charge in [0.25, 0.3) is 0 Å². The number of nitrogens with zero attached hydrogens (tertiary/aromatic N) is 1. The molecule has 0 bridgehead atoms. The highest BCUT2D eigenvalue weighted by molar-refractivity contribution is 6.02. The van der Waals surface area contributed by atoms with E-state index >= 15 is 0 Å². The average Bonchev–Trinajstić information content (AvgIpc) is 3.09. The van der Waals surface area contributed by atoms with E-state index in [2.05, 4.69) is 24.0 Å². The van der Waals surface area contributed by atoms with Gasteiger partial charge < -0.3 is 4.74 Å². The summed E-state index contributed by atoms with van der Waals surface area (Å²) in [6.45, 7) is 4.77. The molecule has 4 aliphatic rings. The summed E-state index contributed by atoms with van der Waals surface area (Å²) in [6, 6.07) is 7.89. The normalized spacial score (nSPS) is 28.5. The molecule has 6 heteroatoms. The zero-order chi connectivity index (χ0) is 21.6. The van der Waals surface area contributed by atoms with E-state index in [-0.39, 0.29) is 30.0 Å². The first kappa shape index (κ1) is 19.2. The van der Waals surface area contributed by atoms with E-state index in [1.807, 2.05) is 24.3 Å². The Balaban J connectivity index is 1.62. The van der Waals surface area contributed by atoms with E-state index < -0.39 is 11.3 Å². The van der Waals surface area contributed by atoms with Crippen LogP contribution in [-0.4, -0.2) is 28.5 Å². The van der Waals surface area contributed by atoms with Crippen molar-refractivity contribution in [2.24, 2.45) is 5.41 Å². The molecule has 3 aliphatic carbocycles. The van der Waals surface area contributed by atoms with E-state index in [4.69, 9.17) is 4.74 Å². The quantitative estimate of drug-likeness (QED) is 0.682. The first-order valence-electron chi connectivity index (χ1n) is 11.1. The molecule has 1 N–H and O–H groups in total. The number of nitrogens with one attached hydrogen (secondary N) is 1. The van der Waals surface area contributed by atoms with Crippen molar-refractivity contribution in [3.05, 3.63) is 57.9 Å². The van der Waals surface area contributed by atoms with Gasteiger partial charge in [-0.2, -0.15) is 5.10 Å². The molecule has 31 heavy (non-hydrogen) atoms. The molecule has 162 valence electrons. The Morgan fingerprint density at radius 2 is 1.94 bits per heavy atom. The van der Waals surface area contributed by atoms with E-state index in [0.717, 1.165) is 40.3 Å². The predicted molar refractivity (Wildman–Crippen MR) is 112 cm³/mol. The maximum absolute atomic E-state index is 13.8. The molecular formula is C25H26F2N2O2. The lowest BCUT2D eigenvalue weighted by Gasteiger charge is -2.48. The van der Waals surface area contributed by atoms with Crippen molar-refractivity contribution < 1.29 is 18.3 Å². The lowest BCUT2D eigenvalue weighted by atomic mass is 9.55. The number of hydrogen-bond acceptors (Lipinski definition) is 3. The van der Waals surface area contributed by atoms with E-state index in [9.17, 15) is 13.6 Å². The molecule has 4 nitrogen and oxygen atoms in total. The van der Waals surface area contributed by atoms with Crippen LogP contribution in [-0.2, 0) is 16.6 Å². The summed E-state index contributed by atoms with van der Waals surface area (Å²) in [5, 5.41) is 7.79. The first-order chi connectivity index (χ1) is 14.7. The highest BCUT2D eigenvalue weighted by atomic mass is 19.3.